The predicted molar refractivity (Wildman–Crippen MR) is 102 cm³/mol. The number of ether oxygens (including phenoxy) is 1. The van der Waals surface area contributed by atoms with E-state index in [1.54, 1.807) is 31.2 Å². The summed E-state index contributed by atoms with van der Waals surface area (Å²) in [4.78, 5) is 13.3. The first-order chi connectivity index (χ1) is 11.5. The minimum Gasteiger partial charge on any atom is -0.508 e. The molecular weight excluding hydrogens is 344 g/mol. The van der Waals surface area contributed by atoms with Gasteiger partial charge in [0.2, 0.25) is 0 Å². The van der Waals surface area contributed by atoms with Gasteiger partial charge in [0, 0.05) is 16.6 Å². The van der Waals surface area contributed by atoms with E-state index in [4.69, 9.17) is 17.0 Å². The van der Waals surface area contributed by atoms with Crippen LogP contribution in [0.15, 0.2) is 24.3 Å². The maximum atomic E-state index is 12.3. The van der Waals surface area contributed by atoms with Crippen LogP contribution in [0.5, 0.6) is 5.75 Å². The van der Waals surface area contributed by atoms with Crippen LogP contribution in [0.25, 0.3) is 0 Å². The lowest BCUT2D eigenvalue weighted by Gasteiger charge is -2.11. The van der Waals surface area contributed by atoms with Crippen LogP contribution in [0, 0.1) is 6.92 Å². The Morgan fingerprint density at radius 2 is 2.08 bits per heavy atom. The minimum atomic E-state index is -0.346. The van der Waals surface area contributed by atoms with Crippen molar-refractivity contribution in [3.05, 3.63) is 40.3 Å². The third-order valence-corrected chi connectivity index (χ3v) is 4.64. The number of nitrogens with one attached hydrogen (secondary N) is 2. The number of carbonyl (C=O) groups excluding carboxylic acids is 1. The molecule has 24 heavy (non-hydrogen) atoms. The van der Waals surface area contributed by atoms with E-state index in [9.17, 15) is 9.90 Å². The van der Waals surface area contributed by atoms with Gasteiger partial charge >= 0.3 is 5.97 Å². The van der Waals surface area contributed by atoms with Crippen LogP contribution in [-0.4, -0.2) is 22.8 Å². The van der Waals surface area contributed by atoms with Crippen molar-refractivity contribution in [3.8, 4) is 5.75 Å². The van der Waals surface area contributed by atoms with Gasteiger partial charge in [-0.3, -0.25) is 0 Å². The van der Waals surface area contributed by atoms with Crippen molar-refractivity contribution in [2.45, 2.75) is 27.2 Å². The molecule has 3 N–H and O–H groups in total. The van der Waals surface area contributed by atoms with Gasteiger partial charge in [-0.25, -0.2) is 4.79 Å². The van der Waals surface area contributed by atoms with Crippen molar-refractivity contribution in [3.63, 3.8) is 0 Å². The van der Waals surface area contributed by atoms with Crippen molar-refractivity contribution < 1.29 is 14.6 Å². The molecule has 0 aliphatic carbocycles. The number of carbonyl (C=O) groups is 1. The van der Waals surface area contributed by atoms with Crippen LogP contribution in [-0.2, 0) is 11.2 Å². The van der Waals surface area contributed by atoms with Crippen LogP contribution >= 0.6 is 23.6 Å². The molecule has 0 fully saturated rings. The number of rotatable bonds is 5. The molecule has 2 aromatic rings. The van der Waals surface area contributed by atoms with Crippen molar-refractivity contribution in [1.82, 2.24) is 0 Å². The SMILES string of the molecule is CCOC(=O)c1c(NC(=S)Nc2cccc(O)c2)sc(C)c1CC. The van der Waals surface area contributed by atoms with Gasteiger partial charge in [0.15, 0.2) is 5.11 Å². The molecule has 1 aromatic carbocycles. The largest absolute Gasteiger partial charge is 0.508 e. The van der Waals surface area contributed by atoms with Crippen molar-refractivity contribution in [2.75, 3.05) is 17.2 Å². The number of aryl methyl sites for hydroxylation is 1. The van der Waals surface area contributed by atoms with Gasteiger partial charge in [-0.05, 0) is 50.2 Å². The molecule has 0 radical (unpaired) electrons. The zero-order valence-corrected chi connectivity index (χ0v) is 15.4. The molecule has 2 rings (SSSR count). The van der Waals surface area contributed by atoms with E-state index in [1.165, 1.54) is 11.3 Å². The number of phenols is 1. The van der Waals surface area contributed by atoms with Gasteiger partial charge in [0.05, 0.1) is 12.2 Å². The van der Waals surface area contributed by atoms with Gasteiger partial charge < -0.3 is 20.5 Å². The average molecular weight is 364 g/mol. The molecule has 7 heteroatoms. The Kier molecular flexibility index (Phi) is 6.16. The van der Waals surface area contributed by atoms with Crippen LogP contribution in [0.1, 0.15) is 34.6 Å². The summed E-state index contributed by atoms with van der Waals surface area (Å²) in [6.07, 6.45) is 0.741. The fourth-order valence-corrected chi connectivity index (χ4v) is 3.78. The molecular formula is C17H20N2O3S2. The number of hydrogen-bond donors (Lipinski definition) is 3. The Balaban J connectivity index is 2.22. The molecule has 0 amide bonds. The standard InChI is InChI=1S/C17H20N2O3S2/c1-4-13-10(3)24-15(14(13)16(21)22-5-2)19-17(23)18-11-7-6-8-12(20)9-11/h6-9,20H,4-5H2,1-3H3,(H2,18,19,23). The first kappa shape index (κ1) is 18.2. The third-order valence-electron chi connectivity index (χ3n) is 3.37. The Morgan fingerprint density at radius 1 is 1.33 bits per heavy atom. The van der Waals surface area contributed by atoms with E-state index in [0.29, 0.717) is 28.0 Å². The van der Waals surface area contributed by atoms with Crippen LogP contribution in [0.3, 0.4) is 0 Å². The molecule has 0 bridgehead atoms. The lowest BCUT2D eigenvalue weighted by molar-refractivity contribution is 0.0527. The Bertz CT molecular complexity index is 756. The lowest BCUT2D eigenvalue weighted by atomic mass is 10.1. The summed E-state index contributed by atoms with van der Waals surface area (Å²) in [5.41, 5.74) is 2.18. The summed E-state index contributed by atoms with van der Waals surface area (Å²) in [5, 5.41) is 16.6. The average Bonchev–Trinajstić information content (AvgIpc) is 2.82. The second kappa shape index (κ2) is 8.12. The number of thiophene rings is 1. The first-order valence-corrected chi connectivity index (χ1v) is 8.85. The highest BCUT2D eigenvalue weighted by molar-refractivity contribution is 7.80. The highest BCUT2D eigenvalue weighted by atomic mass is 32.1. The van der Waals surface area contributed by atoms with Crippen LogP contribution in [0.2, 0.25) is 0 Å². The molecule has 0 aliphatic rings. The van der Waals surface area contributed by atoms with E-state index in [-0.39, 0.29) is 11.7 Å². The topological polar surface area (TPSA) is 70.6 Å². The molecule has 0 saturated heterocycles. The molecule has 1 aromatic heterocycles. The smallest absolute Gasteiger partial charge is 0.341 e. The predicted octanol–water partition coefficient (Wildman–Crippen LogP) is 4.31. The summed E-state index contributed by atoms with van der Waals surface area (Å²) < 4.78 is 5.17. The van der Waals surface area contributed by atoms with Crippen LogP contribution in [0.4, 0.5) is 10.7 Å². The normalized spacial score (nSPS) is 10.3. The van der Waals surface area contributed by atoms with E-state index < -0.39 is 0 Å². The van der Waals surface area contributed by atoms with Gasteiger partial charge in [0.1, 0.15) is 10.8 Å². The second-order valence-electron chi connectivity index (χ2n) is 5.04. The highest BCUT2D eigenvalue weighted by Gasteiger charge is 2.22. The number of aromatic hydroxyl groups is 1. The number of esters is 1. The molecule has 128 valence electrons. The summed E-state index contributed by atoms with van der Waals surface area (Å²) >= 11 is 6.78. The molecule has 0 aliphatic heterocycles. The molecule has 5 nitrogen and oxygen atoms in total. The van der Waals surface area contributed by atoms with Gasteiger partial charge in [0.25, 0.3) is 0 Å². The number of phenolic OH excluding ortho intramolecular Hbond substituents is 1. The number of anilines is 2. The zero-order valence-electron chi connectivity index (χ0n) is 13.8. The van der Waals surface area contributed by atoms with E-state index in [1.807, 2.05) is 13.8 Å². The molecule has 0 unspecified atom stereocenters. The summed E-state index contributed by atoms with van der Waals surface area (Å²) in [7, 11) is 0. The minimum absolute atomic E-state index is 0.148. The van der Waals surface area contributed by atoms with Crippen molar-refractivity contribution in [2.24, 2.45) is 0 Å². The number of hydrogen-bond acceptors (Lipinski definition) is 5. The summed E-state index contributed by atoms with van der Waals surface area (Å²) in [6, 6.07) is 6.65. The Labute approximate surface area is 150 Å². The monoisotopic (exact) mass is 364 g/mol. The fourth-order valence-electron chi connectivity index (χ4n) is 2.36. The zero-order chi connectivity index (χ0) is 17.7. The van der Waals surface area contributed by atoms with E-state index in [2.05, 4.69) is 10.6 Å². The maximum Gasteiger partial charge on any atom is 0.341 e. The van der Waals surface area contributed by atoms with Crippen LogP contribution < -0.4 is 10.6 Å². The molecule has 0 spiro atoms. The lowest BCUT2D eigenvalue weighted by Crippen LogP contribution is -2.20. The van der Waals surface area contributed by atoms with Gasteiger partial charge in [-0.2, -0.15) is 0 Å². The quantitative estimate of drug-likeness (QED) is 0.542. The first-order valence-electron chi connectivity index (χ1n) is 7.62. The Hall–Kier alpha value is -2.12. The van der Waals surface area contributed by atoms with Crippen molar-refractivity contribution in [1.29, 1.82) is 0 Å². The van der Waals surface area contributed by atoms with E-state index >= 15 is 0 Å². The number of thiocarbonyl (C=S) groups is 1. The molecule has 1 heterocycles. The second-order valence-corrected chi connectivity index (χ2v) is 6.68. The van der Waals surface area contributed by atoms with E-state index in [0.717, 1.165) is 16.9 Å². The summed E-state index contributed by atoms with van der Waals surface area (Å²) in [6.45, 7) is 6.08. The Morgan fingerprint density at radius 3 is 2.71 bits per heavy atom. The fraction of sp³-hybridized carbons (Fsp3) is 0.294. The third kappa shape index (κ3) is 4.24. The van der Waals surface area contributed by atoms with Crippen molar-refractivity contribution >= 4 is 45.3 Å². The van der Waals surface area contributed by atoms with Gasteiger partial charge in [-0.15, -0.1) is 11.3 Å². The van der Waals surface area contributed by atoms with Gasteiger partial charge in [-0.1, -0.05) is 13.0 Å². The number of benzene rings is 1. The highest BCUT2D eigenvalue weighted by Crippen LogP contribution is 2.34. The maximum absolute atomic E-state index is 12.3. The molecule has 0 atom stereocenters. The molecule has 0 saturated carbocycles. The summed E-state index contributed by atoms with van der Waals surface area (Å²) in [5.74, 6) is -0.198.